The van der Waals surface area contributed by atoms with E-state index in [0.29, 0.717) is 10.9 Å². The minimum atomic E-state index is -0.334. The summed E-state index contributed by atoms with van der Waals surface area (Å²) in [5.41, 5.74) is 3.06. The van der Waals surface area contributed by atoms with E-state index in [-0.39, 0.29) is 11.2 Å². The molecule has 0 aliphatic heterocycles. The van der Waals surface area contributed by atoms with Gasteiger partial charge in [0.1, 0.15) is 5.82 Å². The van der Waals surface area contributed by atoms with Crippen LogP contribution in [0.4, 0.5) is 4.39 Å². The molecule has 0 fully saturated rings. The van der Waals surface area contributed by atoms with Crippen molar-refractivity contribution < 1.29 is 4.39 Å². The highest BCUT2D eigenvalue weighted by Gasteiger charge is 2.17. The standard InChI is InChI=1S/C15H16FNO/c1-9-7-8-11(16)14-13(9)15(18)10-5-3-2-4-6-12(10)17-14/h7-8H,2-6H2,1H3,(H,17,18). The average Bonchev–Trinajstić information content (AvgIpc) is 2.59. The van der Waals surface area contributed by atoms with Crippen LogP contribution in [-0.4, -0.2) is 4.98 Å². The first-order valence-electron chi connectivity index (χ1n) is 6.51. The summed E-state index contributed by atoms with van der Waals surface area (Å²) in [5.74, 6) is -0.334. The van der Waals surface area contributed by atoms with Crippen molar-refractivity contribution in [2.24, 2.45) is 0 Å². The number of benzene rings is 1. The molecular formula is C15H16FNO. The molecule has 0 amide bonds. The van der Waals surface area contributed by atoms with Crippen LogP contribution in [0, 0.1) is 12.7 Å². The average molecular weight is 245 g/mol. The van der Waals surface area contributed by atoms with Gasteiger partial charge in [-0.2, -0.15) is 0 Å². The summed E-state index contributed by atoms with van der Waals surface area (Å²) in [4.78, 5) is 15.7. The first-order chi connectivity index (χ1) is 8.68. The number of nitrogens with one attached hydrogen (secondary N) is 1. The number of H-pyrrole nitrogens is 1. The normalized spacial score (nSPS) is 15.4. The van der Waals surface area contributed by atoms with Gasteiger partial charge in [0, 0.05) is 11.3 Å². The molecule has 2 nitrogen and oxygen atoms in total. The lowest BCUT2D eigenvalue weighted by molar-refractivity contribution is 0.635. The molecule has 1 aliphatic rings. The zero-order valence-corrected chi connectivity index (χ0v) is 10.5. The fourth-order valence-electron chi connectivity index (χ4n) is 2.87. The third-order valence-electron chi connectivity index (χ3n) is 3.86. The maximum absolute atomic E-state index is 13.8. The van der Waals surface area contributed by atoms with Gasteiger partial charge in [0.15, 0.2) is 5.43 Å². The van der Waals surface area contributed by atoms with E-state index >= 15 is 0 Å². The van der Waals surface area contributed by atoms with E-state index in [2.05, 4.69) is 4.98 Å². The molecule has 3 heteroatoms. The number of halogens is 1. The van der Waals surface area contributed by atoms with Gasteiger partial charge in [-0.3, -0.25) is 4.79 Å². The minimum absolute atomic E-state index is 0.0256. The van der Waals surface area contributed by atoms with E-state index in [1.807, 2.05) is 6.92 Å². The van der Waals surface area contributed by atoms with Crippen molar-refractivity contribution in [1.82, 2.24) is 4.98 Å². The molecule has 0 spiro atoms. The minimum Gasteiger partial charge on any atom is -0.356 e. The Morgan fingerprint density at radius 2 is 1.94 bits per heavy atom. The van der Waals surface area contributed by atoms with Crippen LogP contribution in [0.2, 0.25) is 0 Å². The fraction of sp³-hybridized carbons (Fsp3) is 0.400. The van der Waals surface area contributed by atoms with Crippen LogP contribution in [0.25, 0.3) is 10.9 Å². The largest absolute Gasteiger partial charge is 0.356 e. The monoisotopic (exact) mass is 245 g/mol. The second kappa shape index (κ2) is 4.23. The Labute approximate surface area is 105 Å². The Kier molecular flexibility index (Phi) is 2.69. The third kappa shape index (κ3) is 1.65. The van der Waals surface area contributed by atoms with Crippen LogP contribution in [0.3, 0.4) is 0 Å². The molecule has 0 bridgehead atoms. The maximum atomic E-state index is 13.8. The number of rotatable bonds is 0. The molecule has 0 saturated heterocycles. The van der Waals surface area contributed by atoms with Crippen molar-refractivity contribution in [2.75, 3.05) is 0 Å². The molecule has 3 rings (SSSR count). The Bertz CT molecular complexity index is 672. The lowest BCUT2D eigenvalue weighted by Crippen LogP contribution is -2.15. The quantitative estimate of drug-likeness (QED) is 0.710. The van der Waals surface area contributed by atoms with Gasteiger partial charge in [0.2, 0.25) is 0 Å². The van der Waals surface area contributed by atoms with Crippen molar-refractivity contribution >= 4 is 10.9 Å². The Morgan fingerprint density at radius 1 is 1.17 bits per heavy atom. The number of aromatic amines is 1. The van der Waals surface area contributed by atoms with Gasteiger partial charge in [-0.05, 0) is 44.2 Å². The highest BCUT2D eigenvalue weighted by Crippen LogP contribution is 2.22. The molecule has 18 heavy (non-hydrogen) atoms. The topological polar surface area (TPSA) is 32.9 Å². The van der Waals surface area contributed by atoms with Crippen LogP contribution >= 0.6 is 0 Å². The van der Waals surface area contributed by atoms with Crippen molar-refractivity contribution in [1.29, 1.82) is 0 Å². The maximum Gasteiger partial charge on any atom is 0.193 e. The zero-order chi connectivity index (χ0) is 12.7. The van der Waals surface area contributed by atoms with Crippen LogP contribution in [-0.2, 0) is 12.8 Å². The summed E-state index contributed by atoms with van der Waals surface area (Å²) in [6.07, 6.45) is 4.93. The first kappa shape index (κ1) is 11.5. The summed E-state index contributed by atoms with van der Waals surface area (Å²) < 4.78 is 13.8. The van der Waals surface area contributed by atoms with E-state index in [9.17, 15) is 9.18 Å². The predicted octanol–water partition coefficient (Wildman–Crippen LogP) is 3.24. The molecule has 0 saturated carbocycles. The van der Waals surface area contributed by atoms with Gasteiger partial charge in [0.05, 0.1) is 10.9 Å². The van der Waals surface area contributed by atoms with E-state index in [0.717, 1.165) is 48.9 Å². The van der Waals surface area contributed by atoms with Crippen LogP contribution in [0.15, 0.2) is 16.9 Å². The van der Waals surface area contributed by atoms with E-state index in [1.165, 1.54) is 6.07 Å². The number of hydrogen-bond acceptors (Lipinski definition) is 1. The number of pyridine rings is 1. The number of aromatic nitrogens is 1. The van der Waals surface area contributed by atoms with Crippen LogP contribution in [0.1, 0.15) is 36.1 Å². The smallest absolute Gasteiger partial charge is 0.193 e. The molecule has 1 N–H and O–H groups in total. The van der Waals surface area contributed by atoms with E-state index in [4.69, 9.17) is 0 Å². The van der Waals surface area contributed by atoms with E-state index < -0.39 is 0 Å². The molecule has 1 aliphatic carbocycles. The summed E-state index contributed by atoms with van der Waals surface area (Å²) >= 11 is 0. The van der Waals surface area contributed by atoms with Crippen LogP contribution in [0.5, 0.6) is 0 Å². The molecule has 0 unspecified atom stereocenters. The van der Waals surface area contributed by atoms with Crippen molar-refractivity contribution in [3.63, 3.8) is 0 Å². The molecule has 0 radical (unpaired) electrons. The van der Waals surface area contributed by atoms with Gasteiger partial charge in [-0.1, -0.05) is 12.5 Å². The molecule has 1 aromatic heterocycles. The number of fused-ring (bicyclic) bond motifs is 2. The second-order valence-electron chi connectivity index (χ2n) is 5.09. The van der Waals surface area contributed by atoms with Crippen molar-refractivity contribution in [3.8, 4) is 0 Å². The fourth-order valence-corrected chi connectivity index (χ4v) is 2.87. The SMILES string of the molecule is Cc1ccc(F)c2[nH]c3c(c(=O)c12)CCCCC3. The number of hydrogen-bond donors (Lipinski definition) is 1. The van der Waals surface area contributed by atoms with Gasteiger partial charge in [-0.15, -0.1) is 0 Å². The van der Waals surface area contributed by atoms with Gasteiger partial charge in [0.25, 0.3) is 0 Å². The number of aryl methyl sites for hydroxylation is 2. The van der Waals surface area contributed by atoms with Crippen molar-refractivity contribution in [2.45, 2.75) is 39.0 Å². The van der Waals surface area contributed by atoms with Crippen molar-refractivity contribution in [3.05, 3.63) is 45.0 Å². The summed E-state index contributed by atoms with van der Waals surface area (Å²) in [6.45, 7) is 1.86. The third-order valence-corrected chi connectivity index (χ3v) is 3.86. The van der Waals surface area contributed by atoms with Gasteiger partial charge >= 0.3 is 0 Å². The Balaban J connectivity index is 2.42. The van der Waals surface area contributed by atoms with E-state index in [1.54, 1.807) is 6.07 Å². The van der Waals surface area contributed by atoms with Crippen LogP contribution < -0.4 is 5.43 Å². The highest BCUT2D eigenvalue weighted by molar-refractivity contribution is 5.83. The predicted molar refractivity (Wildman–Crippen MR) is 70.5 cm³/mol. The molecular weight excluding hydrogens is 229 g/mol. The molecule has 94 valence electrons. The lowest BCUT2D eigenvalue weighted by Gasteiger charge is -2.10. The molecule has 0 atom stereocenters. The summed E-state index contributed by atoms with van der Waals surface area (Å²) in [6, 6.07) is 3.10. The van der Waals surface area contributed by atoms with Gasteiger partial charge < -0.3 is 4.98 Å². The molecule has 1 aromatic carbocycles. The first-order valence-corrected chi connectivity index (χ1v) is 6.51. The molecule has 1 heterocycles. The summed E-state index contributed by atoms with van der Waals surface area (Å²) in [7, 11) is 0. The summed E-state index contributed by atoms with van der Waals surface area (Å²) in [5, 5.41) is 0.524. The Morgan fingerprint density at radius 3 is 2.78 bits per heavy atom. The second-order valence-corrected chi connectivity index (χ2v) is 5.09. The van der Waals surface area contributed by atoms with Gasteiger partial charge in [-0.25, -0.2) is 4.39 Å². The zero-order valence-electron chi connectivity index (χ0n) is 10.5. The Hall–Kier alpha value is -1.64. The molecule has 2 aromatic rings. The highest BCUT2D eigenvalue weighted by atomic mass is 19.1. The lowest BCUT2D eigenvalue weighted by atomic mass is 10.0.